The van der Waals surface area contributed by atoms with Crippen molar-refractivity contribution in [3.05, 3.63) is 59.4 Å². The molecule has 2 aromatic rings. The van der Waals surface area contributed by atoms with Gasteiger partial charge in [0.15, 0.2) is 6.10 Å². The number of nitrogens with one attached hydrogen (secondary N) is 1. The van der Waals surface area contributed by atoms with Crippen molar-refractivity contribution in [2.75, 3.05) is 13.2 Å². The molecule has 1 saturated carbocycles. The Morgan fingerprint density at radius 1 is 1.14 bits per heavy atom. The van der Waals surface area contributed by atoms with E-state index in [4.69, 9.17) is 0 Å². The third-order valence-corrected chi connectivity index (χ3v) is 7.80. The van der Waals surface area contributed by atoms with Gasteiger partial charge in [-0.25, -0.2) is 30.7 Å². The molecular weight excluding hydrogens is 514 g/mol. The third kappa shape index (κ3) is 4.96. The molecule has 36 heavy (non-hydrogen) atoms. The van der Waals surface area contributed by atoms with Crippen LogP contribution in [0, 0.1) is 22.9 Å². The molecule has 1 spiro atoms. The third-order valence-electron chi connectivity index (χ3n) is 6.74. The highest BCUT2D eigenvalue weighted by atomic mass is 32.2. The van der Waals surface area contributed by atoms with Gasteiger partial charge in [-0.1, -0.05) is 18.2 Å². The Kier molecular flexibility index (Phi) is 7.10. The van der Waals surface area contributed by atoms with Gasteiger partial charge in [0.05, 0.1) is 6.04 Å². The van der Waals surface area contributed by atoms with Crippen LogP contribution in [0.5, 0.6) is 0 Å². The number of aliphatic hydroxyl groups is 1. The summed E-state index contributed by atoms with van der Waals surface area (Å²) < 4.78 is 108. The summed E-state index contributed by atoms with van der Waals surface area (Å²) in [5, 5.41) is 9.80. The number of carbonyl (C=O) groups is 1. The zero-order chi connectivity index (χ0) is 26.4. The highest BCUT2D eigenvalue weighted by Gasteiger charge is 2.62. The van der Waals surface area contributed by atoms with E-state index in [9.17, 15) is 40.3 Å². The topological polar surface area (TPSA) is 86.7 Å². The molecule has 6 nitrogen and oxygen atoms in total. The molecule has 2 aliphatic rings. The molecule has 1 saturated heterocycles. The van der Waals surface area contributed by atoms with Crippen LogP contribution >= 0.6 is 0 Å². The van der Waals surface area contributed by atoms with E-state index < -0.39 is 75.8 Å². The molecule has 0 unspecified atom stereocenters. The van der Waals surface area contributed by atoms with Gasteiger partial charge in [0.2, 0.25) is 0 Å². The number of alkyl halides is 3. The average Bonchev–Trinajstić information content (AvgIpc) is 3.53. The van der Waals surface area contributed by atoms with Crippen molar-refractivity contribution in [2.24, 2.45) is 5.41 Å². The number of benzene rings is 2. The summed E-state index contributed by atoms with van der Waals surface area (Å²) in [4.78, 5) is 13.7. The summed E-state index contributed by atoms with van der Waals surface area (Å²) in [5.74, 6) is -7.66. The van der Waals surface area contributed by atoms with Crippen LogP contribution in [0.4, 0.5) is 26.3 Å². The number of carbonyl (C=O) groups excluding carboxylic acids is 1. The SMILES string of the molecule is O=C([C@H](O)CF)N1CC2(CC2)[C@H](NS(=O)(=O)C(F)F)[C@@H]1Cc1cccc(-c2cc(F)cc(F)c2)c1F. The lowest BCUT2D eigenvalue weighted by molar-refractivity contribution is -0.142. The lowest BCUT2D eigenvalue weighted by Crippen LogP contribution is -2.52. The molecule has 0 bridgehead atoms. The summed E-state index contributed by atoms with van der Waals surface area (Å²) in [5.41, 5.74) is -1.34. The van der Waals surface area contributed by atoms with E-state index >= 15 is 4.39 Å². The fourth-order valence-corrected chi connectivity index (χ4v) is 5.69. The number of halogens is 6. The second-order valence-electron chi connectivity index (χ2n) is 9.11. The molecule has 2 N–H and O–H groups in total. The molecule has 1 heterocycles. The monoisotopic (exact) mass is 536 g/mol. The predicted octanol–water partition coefficient (Wildman–Crippen LogP) is 3.15. The van der Waals surface area contributed by atoms with Crippen LogP contribution in [0.15, 0.2) is 36.4 Å². The van der Waals surface area contributed by atoms with Gasteiger partial charge in [-0.05, 0) is 42.5 Å². The average molecular weight is 536 g/mol. The summed E-state index contributed by atoms with van der Waals surface area (Å²) in [6.45, 7) is -1.59. The van der Waals surface area contributed by atoms with Crippen LogP contribution in [0.2, 0.25) is 0 Å². The minimum absolute atomic E-state index is 0.103. The molecule has 1 aliphatic carbocycles. The van der Waals surface area contributed by atoms with Gasteiger partial charge in [-0.15, -0.1) is 0 Å². The molecular formula is C23H22F6N2O4S. The molecule has 1 aliphatic heterocycles. The smallest absolute Gasteiger partial charge is 0.350 e. The largest absolute Gasteiger partial charge is 0.381 e. The van der Waals surface area contributed by atoms with E-state index in [1.165, 1.54) is 18.2 Å². The van der Waals surface area contributed by atoms with E-state index in [-0.39, 0.29) is 23.2 Å². The van der Waals surface area contributed by atoms with Crippen molar-refractivity contribution in [3.63, 3.8) is 0 Å². The molecule has 2 aromatic carbocycles. The maximum absolute atomic E-state index is 15.5. The van der Waals surface area contributed by atoms with Gasteiger partial charge >= 0.3 is 5.76 Å². The Morgan fingerprint density at radius 2 is 1.78 bits per heavy atom. The molecule has 0 radical (unpaired) electrons. The van der Waals surface area contributed by atoms with Crippen LogP contribution in [0.25, 0.3) is 11.1 Å². The highest BCUT2D eigenvalue weighted by Crippen LogP contribution is 2.55. The number of nitrogens with zero attached hydrogens (tertiary/aromatic N) is 1. The maximum Gasteiger partial charge on any atom is 0.350 e. The van der Waals surface area contributed by atoms with Gasteiger partial charge in [-0.2, -0.15) is 8.78 Å². The molecule has 13 heteroatoms. The summed E-state index contributed by atoms with van der Waals surface area (Å²) in [6.07, 6.45) is -1.75. The van der Waals surface area contributed by atoms with Gasteiger partial charge in [0.25, 0.3) is 15.9 Å². The molecule has 0 aromatic heterocycles. The number of rotatable bonds is 8. The van der Waals surface area contributed by atoms with Crippen LogP contribution in [0.1, 0.15) is 18.4 Å². The van der Waals surface area contributed by atoms with E-state index in [1.807, 2.05) is 4.72 Å². The molecule has 1 amide bonds. The van der Waals surface area contributed by atoms with E-state index in [2.05, 4.69) is 0 Å². The quantitative estimate of drug-likeness (QED) is 0.508. The zero-order valence-electron chi connectivity index (χ0n) is 18.6. The zero-order valence-corrected chi connectivity index (χ0v) is 19.4. The number of aliphatic hydroxyl groups excluding tert-OH is 1. The second kappa shape index (κ2) is 9.67. The number of amides is 1. The van der Waals surface area contributed by atoms with Crippen molar-refractivity contribution in [2.45, 2.75) is 43.2 Å². The number of likely N-dealkylation sites (tertiary alicyclic amines) is 1. The Morgan fingerprint density at radius 3 is 2.33 bits per heavy atom. The van der Waals surface area contributed by atoms with E-state index in [0.29, 0.717) is 18.9 Å². The van der Waals surface area contributed by atoms with Gasteiger partial charge in [0.1, 0.15) is 24.1 Å². The number of hydrogen-bond donors (Lipinski definition) is 2. The Hall–Kier alpha value is -2.64. The Labute approximate surface area is 203 Å². The van der Waals surface area contributed by atoms with Gasteiger partial charge in [0, 0.05) is 29.6 Å². The maximum atomic E-state index is 15.5. The van der Waals surface area contributed by atoms with Gasteiger partial charge in [-0.3, -0.25) is 4.79 Å². The summed E-state index contributed by atoms with van der Waals surface area (Å²) >= 11 is 0. The molecule has 196 valence electrons. The molecule has 3 atom stereocenters. The first kappa shape index (κ1) is 26.4. The van der Waals surface area contributed by atoms with Crippen molar-refractivity contribution >= 4 is 15.9 Å². The standard InChI is InChI=1S/C23H22F6N2O4S/c24-10-18(32)21(33)31-11-23(4-5-23)20(30-36(34,35)22(28)29)17(31)8-12-2-1-3-16(19(12)27)13-6-14(25)9-15(26)7-13/h1-3,6-7,9,17-18,20,22,30,32H,4-5,8,10-11H2/t17-,18+,20+/m0/s1. The van der Waals surface area contributed by atoms with Gasteiger partial charge < -0.3 is 10.0 Å². The van der Waals surface area contributed by atoms with Crippen molar-refractivity contribution in [1.29, 1.82) is 0 Å². The van der Waals surface area contributed by atoms with E-state index in [1.54, 1.807) is 0 Å². The van der Waals surface area contributed by atoms with Crippen LogP contribution < -0.4 is 4.72 Å². The minimum Gasteiger partial charge on any atom is -0.381 e. The van der Waals surface area contributed by atoms with Crippen molar-refractivity contribution in [1.82, 2.24) is 9.62 Å². The molecule has 2 fully saturated rings. The Bertz CT molecular complexity index is 1250. The van der Waals surface area contributed by atoms with Crippen LogP contribution in [0.3, 0.4) is 0 Å². The fraction of sp³-hybridized carbons (Fsp3) is 0.435. The first-order chi connectivity index (χ1) is 16.9. The first-order valence-electron chi connectivity index (χ1n) is 11.0. The predicted molar refractivity (Wildman–Crippen MR) is 116 cm³/mol. The summed E-state index contributed by atoms with van der Waals surface area (Å²) in [7, 11) is -5.12. The van der Waals surface area contributed by atoms with Crippen LogP contribution in [-0.4, -0.2) is 61.5 Å². The Balaban J connectivity index is 1.75. The summed E-state index contributed by atoms with van der Waals surface area (Å²) in [6, 6.07) is 3.85. The van der Waals surface area contributed by atoms with E-state index in [0.717, 1.165) is 17.0 Å². The van der Waals surface area contributed by atoms with Crippen molar-refractivity contribution < 1.29 is 44.7 Å². The highest BCUT2D eigenvalue weighted by molar-refractivity contribution is 7.89. The first-order valence-corrected chi connectivity index (χ1v) is 12.5. The number of sulfonamides is 1. The fourth-order valence-electron chi connectivity index (χ4n) is 4.83. The normalized spacial score (nSPS) is 21.8. The lowest BCUT2D eigenvalue weighted by Gasteiger charge is -2.30. The number of hydrogen-bond acceptors (Lipinski definition) is 4. The second-order valence-corrected chi connectivity index (χ2v) is 10.8. The van der Waals surface area contributed by atoms with Crippen molar-refractivity contribution in [3.8, 4) is 11.1 Å². The minimum atomic E-state index is -5.12. The van der Waals surface area contributed by atoms with Crippen LogP contribution in [-0.2, 0) is 21.2 Å². The molecule has 4 rings (SSSR count). The lowest BCUT2D eigenvalue weighted by atomic mass is 9.91.